The molecule has 10 heterocycles. The van der Waals surface area contributed by atoms with Crippen LogP contribution in [-0.2, 0) is 12.1 Å². The minimum absolute atomic E-state index is 0.193. The molecular formula is C19H15FFeO. The van der Waals surface area contributed by atoms with Gasteiger partial charge in [-0.3, -0.25) is 0 Å². The van der Waals surface area contributed by atoms with Gasteiger partial charge in [0, 0.05) is 0 Å². The molecule has 10 aliphatic heterocycles. The van der Waals surface area contributed by atoms with Crippen LogP contribution in [0.2, 0.25) is 47.7 Å². The van der Waals surface area contributed by atoms with E-state index in [9.17, 15) is 9.50 Å². The molecule has 10 saturated heterocycles. The van der Waals surface area contributed by atoms with E-state index in [0.717, 1.165) is 48.9 Å². The van der Waals surface area contributed by atoms with Crippen molar-refractivity contribution in [2.45, 2.75) is 53.3 Å². The SMILES string of the molecule is C#CC(O)(c1ccc(F)cc1)[C]12[CH]3[CH]4[CH]5[CH]1[Fe]45321678[CH]2[CH]1[CH]6[CH]7[CH]28. The van der Waals surface area contributed by atoms with Crippen LogP contribution in [0, 0.1) is 18.2 Å². The zero-order valence-corrected chi connectivity index (χ0v) is 12.9. The van der Waals surface area contributed by atoms with Crippen molar-refractivity contribution in [3.63, 3.8) is 0 Å². The molecule has 1 aromatic rings. The zero-order valence-electron chi connectivity index (χ0n) is 11.8. The van der Waals surface area contributed by atoms with Crippen LogP contribution in [0.4, 0.5) is 4.39 Å². The van der Waals surface area contributed by atoms with Gasteiger partial charge in [-0.05, 0) is 0 Å². The summed E-state index contributed by atoms with van der Waals surface area (Å²) in [4.78, 5) is 9.79. The van der Waals surface area contributed by atoms with E-state index in [0.29, 0.717) is 0 Å². The van der Waals surface area contributed by atoms with Gasteiger partial charge in [-0.2, -0.15) is 0 Å². The van der Waals surface area contributed by atoms with Crippen molar-refractivity contribution in [1.29, 1.82) is 0 Å². The van der Waals surface area contributed by atoms with Crippen LogP contribution in [0.25, 0.3) is 0 Å². The van der Waals surface area contributed by atoms with E-state index in [1.54, 1.807) is 12.1 Å². The summed E-state index contributed by atoms with van der Waals surface area (Å²) < 4.78 is 13.6. The molecule has 0 amide bonds. The summed E-state index contributed by atoms with van der Waals surface area (Å²) in [6.07, 6.45) is 6.01. The fourth-order valence-electron chi connectivity index (χ4n) is 18.3. The fourth-order valence-corrected chi connectivity index (χ4v) is 93.1. The Labute approximate surface area is 117 Å². The quantitative estimate of drug-likeness (QED) is 0.628. The molecule has 5 atom stereocenters. The van der Waals surface area contributed by atoms with Gasteiger partial charge in [-0.15, -0.1) is 0 Å². The summed E-state index contributed by atoms with van der Waals surface area (Å²) >= 11 is 0. The first kappa shape index (κ1) is 8.88. The van der Waals surface area contributed by atoms with Gasteiger partial charge < -0.3 is 0 Å². The molecule has 11 rings (SSSR count). The van der Waals surface area contributed by atoms with Gasteiger partial charge in [0.25, 0.3) is 0 Å². The second-order valence-corrected chi connectivity index (χ2v) is 35.6. The molecule has 5 unspecified atom stereocenters. The maximum absolute atomic E-state index is 13.4. The van der Waals surface area contributed by atoms with E-state index in [4.69, 9.17) is 6.42 Å². The first-order chi connectivity index (χ1) is 10.4. The van der Waals surface area contributed by atoms with Crippen molar-refractivity contribution in [2.75, 3.05) is 0 Å². The molecule has 1 N–H and O–H groups in total. The second kappa shape index (κ2) is 0.838. The van der Waals surface area contributed by atoms with Gasteiger partial charge in [-0.25, -0.2) is 0 Å². The number of hydrogen-bond acceptors (Lipinski definition) is 1. The van der Waals surface area contributed by atoms with E-state index in [2.05, 4.69) is 5.92 Å². The summed E-state index contributed by atoms with van der Waals surface area (Å²) in [6.45, 7) is -3.47. The van der Waals surface area contributed by atoms with Crippen LogP contribution in [0.1, 0.15) is 5.56 Å². The number of terminal acetylenes is 1. The molecule has 22 heavy (non-hydrogen) atoms. The van der Waals surface area contributed by atoms with E-state index in [1.807, 2.05) is 0 Å². The van der Waals surface area contributed by atoms with Gasteiger partial charge >= 0.3 is 117 Å². The average molecular weight is 334 g/mol. The van der Waals surface area contributed by atoms with Crippen LogP contribution < -0.4 is 0 Å². The number of hydrogen-bond donors (Lipinski definition) is 1. The zero-order chi connectivity index (χ0) is 14.2. The Hall–Kier alpha value is -0.811. The third-order valence-electron chi connectivity index (χ3n) is 16.7. The number of benzene rings is 1. The maximum atomic E-state index is 13.4. The molecule has 1 nitrogen and oxygen atoms in total. The standard InChI is InChI=1S/C14H10FO.C5H5.Fe/c1-2-14(16,11-5-3-4-6-11)12-7-9-13(15)10-8-12;1-2-4-5-3-1;/h1,3-10,16H;1-5H;. The number of aliphatic hydroxyl groups is 1. The molecule has 0 bridgehead atoms. The molecule has 0 aromatic heterocycles. The average Bonchev–Trinajstić information content (AvgIpc) is 3.47. The molecule has 0 saturated carbocycles. The van der Waals surface area contributed by atoms with Crippen LogP contribution in [-0.4, -0.2) is 5.11 Å². The van der Waals surface area contributed by atoms with Crippen molar-refractivity contribution in [3.05, 3.63) is 35.6 Å². The van der Waals surface area contributed by atoms with Crippen molar-refractivity contribution < 1.29 is 16.0 Å². The fraction of sp³-hybridized carbons (Fsp3) is 0.579. The summed E-state index contributed by atoms with van der Waals surface area (Å²) in [5.41, 5.74) is -0.250. The van der Waals surface area contributed by atoms with E-state index >= 15 is 0 Å². The first-order valence-electron chi connectivity index (χ1n) is 8.53. The van der Waals surface area contributed by atoms with Gasteiger partial charge in [0.15, 0.2) is 0 Å². The Morgan fingerprint density at radius 2 is 1.50 bits per heavy atom. The van der Waals surface area contributed by atoms with E-state index in [1.165, 1.54) is 12.1 Å². The van der Waals surface area contributed by atoms with Crippen LogP contribution in [0.5, 0.6) is 0 Å². The van der Waals surface area contributed by atoms with Gasteiger partial charge in [0.2, 0.25) is 0 Å². The second-order valence-electron chi connectivity index (χ2n) is 12.0. The Kier molecular flexibility index (Phi) is 0.338. The Bertz CT molecular complexity index is 1260. The topological polar surface area (TPSA) is 20.2 Å². The number of halogens is 1. The molecule has 10 aliphatic rings. The van der Waals surface area contributed by atoms with Gasteiger partial charge in [0.1, 0.15) is 0 Å². The molecule has 1 aromatic carbocycles. The van der Waals surface area contributed by atoms with Crippen molar-refractivity contribution in [2.24, 2.45) is 0 Å². The van der Waals surface area contributed by atoms with Gasteiger partial charge in [-0.1, -0.05) is 0 Å². The van der Waals surface area contributed by atoms with Gasteiger partial charge in [0.05, 0.1) is 0 Å². The predicted molar refractivity (Wildman–Crippen MR) is 75.6 cm³/mol. The predicted octanol–water partition coefficient (Wildman–Crippen LogP) is 4.41. The van der Waals surface area contributed by atoms with E-state index < -0.39 is 12.1 Å². The Morgan fingerprint density at radius 1 is 1.00 bits per heavy atom. The minimum atomic E-state index is -3.47. The molecule has 0 radical (unpaired) electrons. The molecular weight excluding hydrogens is 319 g/mol. The van der Waals surface area contributed by atoms with E-state index in [-0.39, 0.29) is 10.1 Å². The molecule has 1 spiro atoms. The number of fused-ring (bicyclic) bond motifs is 10. The molecule has 3 heteroatoms. The Balaban J connectivity index is 1.39. The normalized spacial score (nSPS) is 97.2. The van der Waals surface area contributed by atoms with Crippen LogP contribution >= 0.6 is 0 Å². The van der Waals surface area contributed by atoms with Crippen LogP contribution in [0.15, 0.2) is 24.3 Å². The number of rotatable bonds is 2. The monoisotopic (exact) mass is 334 g/mol. The van der Waals surface area contributed by atoms with Crippen molar-refractivity contribution in [3.8, 4) is 12.3 Å². The van der Waals surface area contributed by atoms with Crippen molar-refractivity contribution in [1.82, 2.24) is 0 Å². The summed E-state index contributed by atoms with van der Waals surface area (Å²) in [7, 11) is 0. The van der Waals surface area contributed by atoms with Crippen molar-refractivity contribution >= 4 is 0 Å². The third kappa shape index (κ3) is 0.110. The summed E-state index contributed by atoms with van der Waals surface area (Å²) in [5.74, 6) is 2.66. The van der Waals surface area contributed by atoms with Crippen LogP contribution in [0.3, 0.4) is 0 Å². The summed E-state index contributed by atoms with van der Waals surface area (Å²) in [5, 5.41) is 11.9. The molecule has 10 fully saturated rings. The summed E-state index contributed by atoms with van der Waals surface area (Å²) in [6, 6.07) is 6.48. The first-order valence-corrected chi connectivity index (χ1v) is 14.8. The molecule has 0 aliphatic carbocycles. The molecule has 112 valence electrons. The third-order valence-corrected chi connectivity index (χ3v) is 59.1. The Morgan fingerprint density at radius 3 is 1.82 bits per heavy atom.